The molecule has 1 atom stereocenters. The molecule has 2 aliphatic rings. The van der Waals surface area contributed by atoms with Gasteiger partial charge in [0.15, 0.2) is 5.79 Å². The first-order valence-electron chi connectivity index (χ1n) is 6.28. The van der Waals surface area contributed by atoms with Crippen molar-refractivity contribution in [2.75, 3.05) is 13.2 Å². The molecule has 3 nitrogen and oxygen atoms in total. The molecule has 1 spiro atoms. The van der Waals surface area contributed by atoms with Crippen LogP contribution in [-0.4, -0.2) is 31.1 Å². The highest BCUT2D eigenvalue weighted by molar-refractivity contribution is 4.86. The number of hydrogen-bond acceptors (Lipinski definition) is 3. The molecule has 2 fully saturated rings. The Morgan fingerprint density at radius 2 is 1.87 bits per heavy atom. The third-order valence-corrected chi connectivity index (χ3v) is 3.69. The quantitative estimate of drug-likeness (QED) is 0.778. The van der Waals surface area contributed by atoms with Gasteiger partial charge in [0.2, 0.25) is 0 Å². The Morgan fingerprint density at radius 1 is 1.27 bits per heavy atom. The highest BCUT2D eigenvalue weighted by Gasteiger charge is 2.40. The van der Waals surface area contributed by atoms with E-state index >= 15 is 0 Å². The number of rotatable bonds is 3. The zero-order chi connectivity index (χ0) is 10.7. The van der Waals surface area contributed by atoms with Gasteiger partial charge in [0.25, 0.3) is 0 Å². The lowest BCUT2D eigenvalue weighted by molar-refractivity contribution is -0.179. The number of ether oxygens (including phenoxy) is 2. The zero-order valence-corrected chi connectivity index (χ0v) is 9.92. The van der Waals surface area contributed by atoms with E-state index in [1.54, 1.807) is 0 Å². The average Bonchev–Trinajstić information content (AvgIpc) is 2.70. The first-order valence-corrected chi connectivity index (χ1v) is 6.28. The van der Waals surface area contributed by atoms with E-state index in [1.807, 2.05) is 0 Å². The van der Waals surface area contributed by atoms with Gasteiger partial charge >= 0.3 is 0 Å². The molecule has 0 unspecified atom stereocenters. The molecule has 0 amide bonds. The summed E-state index contributed by atoms with van der Waals surface area (Å²) in [5.74, 6) is -0.201. The lowest BCUT2D eigenvalue weighted by Gasteiger charge is -2.36. The molecule has 15 heavy (non-hydrogen) atoms. The minimum Gasteiger partial charge on any atom is -0.348 e. The molecule has 3 heteroatoms. The maximum atomic E-state index is 5.71. The summed E-state index contributed by atoms with van der Waals surface area (Å²) in [6, 6.07) is 1.30. The molecule has 0 bridgehead atoms. The molecule has 1 N–H and O–H groups in total. The van der Waals surface area contributed by atoms with Crippen LogP contribution < -0.4 is 5.32 Å². The zero-order valence-electron chi connectivity index (χ0n) is 9.92. The smallest absolute Gasteiger partial charge is 0.168 e. The first kappa shape index (κ1) is 11.4. The van der Waals surface area contributed by atoms with E-state index < -0.39 is 0 Å². The average molecular weight is 213 g/mol. The van der Waals surface area contributed by atoms with Gasteiger partial charge in [-0.2, -0.15) is 0 Å². The maximum Gasteiger partial charge on any atom is 0.168 e. The molecule has 0 aromatic carbocycles. The van der Waals surface area contributed by atoms with Crippen molar-refractivity contribution in [3.63, 3.8) is 0 Å². The summed E-state index contributed by atoms with van der Waals surface area (Å²) in [5.41, 5.74) is 0. The molecule has 1 aliphatic heterocycles. The van der Waals surface area contributed by atoms with E-state index in [0.717, 1.165) is 26.1 Å². The van der Waals surface area contributed by atoms with E-state index in [9.17, 15) is 0 Å². The van der Waals surface area contributed by atoms with Crippen LogP contribution in [0.4, 0.5) is 0 Å². The normalized spacial score (nSPS) is 28.4. The summed E-state index contributed by atoms with van der Waals surface area (Å²) in [5, 5.41) is 3.66. The Morgan fingerprint density at radius 3 is 2.40 bits per heavy atom. The molecule has 88 valence electrons. The highest BCUT2D eigenvalue weighted by atomic mass is 16.7. The fourth-order valence-corrected chi connectivity index (χ4v) is 2.53. The number of hydrogen-bond donors (Lipinski definition) is 1. The van der Waals surface area contributed by atoms with Crippen molar-refractivity contribution in [3.8, 4) is 0 Å². The minimum atomic E-state index is -0.201. The van der Waals surface area contributed by atoms with Crippen molar-refractivity contribution in [2.45, 2.75) is 63.8 Å². The van der Waals surface area contributed by atoms with Crippen LogP contribution in [0.15, 0.2) is 0 Å². The van der Waals surface area contributed by atoms with Gasteiger partial charge in [-0.3, -0.25) is 0 Å². The predicted octanol–water partition coefficient (Wildman–Crippen LogP) is 2.06. The third-order valence-electron chi connectivity index (χ3n) is 3.69. The SMILES string of the molecule is CC[C@H](C)NC1CCC2(CC1)OCCO2. The predicted molar refractivity (Wildman–Crippen MR) is 59.8 cm³/mol. The van der Waals surface area contributed by atoms with Crippen molar-refractivity contribution < 1.29 is 9.47 Å². The molecule has 0 radical (unpaired) electrons. The van der Waals surface area contributed by atoms with Gasteiger partial charge in [0, 0.05) is 24.9 Å². The molecule has 1 aliphatic carbocycles. The Labute approximate surface area is 92.5 Å². The van der Waals surface area contributed by atoms with E-state index in [4.69, 9.17) is 9.47 Å². The summed E-state index contributed by atoms with van der Waals surface area (Å²) in [6.07, 6.45) is 5.69. The molecule has 0 aromatic heterocycles. The van der Waals surface area contributed by atoms with Crippen molar-refractivity contribution in [1.29, 1.82) is 0 Å². The second kappa shape index (κ2) is 4.81. The molecular formula is C12H23NO2. The van der Waals surface area contributed by atoms with E-state index in [1.165, 1.54) is 19.3 Å². The molecule has 0 aromatic rings. The van der Waals surface area contributed by atoms with E-state index in [0.29, 0.717) is 12.1 Å². The Hall–Kier alpha value is -0.120. The topological polar surface area (TPSA) is 30.5 Å². The molecule has 1 saturated heterocycles. The lowest BCUT2D eigenvalue weighted by atomic mass is 9.89. The summed E-state index contributed by atoms with van der Waals surface area (Å²) in [4.78, 5) is 0. The molecular weight excluding hydrogens is 190 g/mol. The van der Waals surface area contributed by atoms with Crippen LogP contribution in [-0.2, 0) is 9.47 Å². The summed E-state index contributed by atoms with van der Waals surface area (Å²) < 4.78 is 11.4. The third kappa shape index (κ3) is 2.71. The summed E-state index contributed by atoms with van der Waals surface area (Å²) in [7, 11) is 0. The number of nitrogens with one attached hydrogen (secondary N) is 1. The van der Waals surface area contributed by atoms with Crippen LogP contribution in [0, 0.1) is 0 Å². The van der Waals surface area contributed by atoms with Crippen LogP contribution >= 0.6 is 0 Å². The van der Waals surface area contributed by atoms with Gasteiger partial charge < -0.3 is 14.8 Å². The summed E-state index contributed by atoms with van der Waals surface area (Å²) >= 11 is 0. The van der Waals surface area contributed by atoms with Crippen molar-refractivity contribution in [2.24, 2.45) is 0 Å². The van der Waals surface area contributed by atoms with Gasteiger partial charge in [-0.1, -0.05) is 6.92 Å². The highest BCUT2D eigenvalue weighted by Crippen LogP contribution is 2.35. The van der Waals surface area contributed by atoms with E-state index in [2.05, 4.69) is 19.2 Å². The van der Waals surface area contributed by atoms with Crippen LogP contribution in [0.5, 0.6) is 0 Å². The Balaban J connectivity index is 1.76. The van der Waals surface area contributed by atoms with Crippen LogP contribution in [0.25, 0.3) is 0 Å². The fourth-order valence-electron chi connectivity index (χ4n) is 2.53. The largest absolute Gasteiger partial charge is 0.348 e. The maximum absolute atomic E-state index is 5.71. The van der Waals surface area contributed by atoms with Gasteiger partial charge in [0.05, 0.1) is 13.2 Å². The van der Waals surface area contributed by atoms with Crippen molar-refractivity contribution in [1.82, 2.24) is 5.32 Å². The van der Waals surface area contributed by atoms with E-state index in [-0.39, 0.29) is 5.79 Å². The second-order valence-corrected chi connectivity index (χ2v) is 4.86. The monoisotopic (exact) mass is 213 g/mol. The fraction of sp³-hybridized carbons (Fsp3) is 1.00. The van der Waals surface area contributed by atoms with Gasteiger partial charge in [-0.15, -0.1) is 0 Å². The van der Waals surface area contributed by atoms with Crippen molar-refractivity contribution >= 4 is 0 Å². The van der Waals surface area contributed by atoms with Gasteiger partial charge in [-0.05, 0) is 26.2 Å². The Bertz CT molecular complexity index is 192. The minimum absolute atomic E-state index is 0.201. The summed E-state index contributed by atoms with van der Waals surface area (Å²) in [6.45, 7) is 6.05. The lowest BCUT2D eigenvalue weighted by Crippen LogP contribution is -2.44. The first-order chi connectivity index (χ1) is 7.24. The van der Waals surface area contributed by atoms with Crippen molar-refractivity contribution in [3.05, 3.63) is 0 Å². The second-order valence-electron chi connectivity index (χ2n) is 4.86. The Kier molecular flexibility index (Phi) is 3.65. The molecule has 2 rings (SSSR count). The van der Waals surface area contributed by atoms with Gasteiger partial charge in [0.1, 0.15) is 0 Å². The molecule has 1 heterocycles. The standard InChI is InChI=1S/C12H23NO2/c1-3-10(2)13-11-4-6-12(7-5-11)14-8-9-15-12/h10-11,13H,3-9H2,1-2H3/t10-/m0/s1. The van der Waals surface area contributed by atoms with Crippen LogP contribution in [0.1, 0.15) is 46.0 Å². The van der Waals surface area contributed by atoms with Crippen LogP contribution in [0.3, 0.4) is 0 Å². The van der Waals surface area contributed by atoms with Gasteiger partial charge in [-0.25, -0.2) is 0 Å². The molecule has 1 saturated carbocycles. The van der Waals surface area contributed by atoms with Crippen LogP contribution in [0.2, 0.25) is 0 Å².